The quantitative estimate of drug-likeness (QED) is 0.671. The molecule has 0 atom stereocenters. The molecule has 7 nitrogen and oxygen atoms in total. The highest BCUT2D eigenvalue weighted by atomic mass is 32.2. The van der Waals surface area contributed by atoms with Crippen molar-refractivity contribution in [2.45, 2.75) is 6.18 Å². The summed E-state index contributed by atoms with van der Waals surface area (Å²) in [6, 6.07) is 9.64. The number of benzene rings is 2. The van der Waals surface area contributed by atoms with Crippen molar-refractivity contribution in [2.24, 2.45) is 0 Å². The molecule has 32 heavy (non-hydrogen) atoms. The second kappa shape index (κ2) is 8.89. The van der Waals surface area contributed by atoms with E-state index in [0.717, 1.165) is 22.7 Å². The third kappa shape index (κ3) is 5.09. The summed E-state index contributed by atoms with van der Waals surface area (Å²) < 4.78 is 69.0. The Morgan fingerprint density at radius 1 is 1.06 bits per heavy atom. The molecular weight excluding hydrogens is 447 g/mol. The van der Waals surface area contributed by atoms with Crippen molar-refractivity contribution in [1.82, 2.24) is 4.90 Å². The van der Waals surface area contributed by atoms with Crippen molar-refractivity contribution in [3.05, 3.63) is 53.6 Å². The minimum Gasteiger partial charge on any atom is -0.496 e. The van der Waals surface area contributed by atoms with Crippen molar-refractivity contribution in [1.29, 1.82) is 0 Å². The zero-order valence-corrected chi connectivity index (χ0v) is 18.7. The first-order valence-corrected chi connectivity index (χ1v) is 11.6. The number of rotatable bonds is 5. The van der Waals surface area contributed by atoms with Crippen LogP contribution in [0, 0.1) is 0 Å². The summed E-state index contributed by atoms with van der Waals surface area (Å²) in [5.74, 6) is -0.0322. The van der Waals surface area contributed by atoms with Gasteiger partial charge < -0.3 is 14.5 Å². The van der Waals surface area contributed by atoms with Gasteiger partial charge in [0.25, 0.3) is 5.91 Å². The fourth-order valence-corrected chi connectivity index (χ4v) is 3.96. The Balaban J connectivity index is 1.77. The van der Waals surface area contributed by atoms with E-state index in [9.17, 15) is 26.4 Å². The van der Waals surface area contributed by atoms with Crippen molar-refractivity contribution in [2.75, 3.05) is 55.8 Å². The van der Waals surface area contributed by atoms with Crippen LogP contribution >= 0.6 is 0 Å². The molecule has 1 fully saturated rings. The Labute approximate surface area is 185 Å². The summed E-state index contributed by atoms with van der Waals surface area (Å²) in [6.45, 7) is 1.31. The van der Waals surface area contributed by atoms with Gasteiger partial charge in [-0.15, -0.1) is 0 Å². The lowest BCUT2D eigenvalue weighted by Gasteiger charge is -2.36. The molecule has 0 aromatic heterocycles. The molecule has 2 aromatic carbocycles. The minimum atomic E-state index is -4.42. The molecule has 1 aliphatic rings. The molecule has 174 valence electrons. The van der Waals surface area contributed by atoms with E-state index in [1.807, 2.05) is 0 Å². The molecule has 0 unspecified atom stereocenters. The molecule has 3 rings (SSSR count). The Morgan fingerprint density at radius 3 is 2.28 bits per heavy atom. The number of methoxy groups -OCH3 is 1. The summed E-state index contributed by atoms with van der Waals surface area (Å²) >= 11 is 0. The lowest BCUT2D eigenvalue weighted by atomic mass is 10.1. The van der Waals surface area contributed by atoms with E-state index in [-0.39, 0.29) is 11.5 Å². The molecular formula is C21H24F3N3O4S. The van der Waals surface area contributed by atoms with E-state index in [1.54, 1.807) is 21.9 Å². The zero-order valence-electron chi connectivity index (χ0n) is 17.9. The molecule has 0 spiro atoms. The third-order valence-corrected chi connectivity index (χ3v) is 6.59. The van der Waals surface area contributed by atoms with Gasteiger partial charge in [0.15, 0.2) is 0 Å². The molecule has 1 saturated heterocycles. The fraction of sp³-hybridized carbons (Fsp3) is 0.381. The van der Waals surface area contributed by atoms with Gasteiger partial charge in [0.2, 0.25) is 10.0 Å². The maximum absolute atomic E-state index is 13.1. The number of alkyl halides is 3. The zero-order chi connectivity index (χ0) is 23.7. The number of hydrogen-bond donors (Lipinski definition) is 0. The summed E-state index contributed by atoms with van der Waals surface area (Å²) in [6.07, 6.45) is -3.36. The van der Waals surface area contributed by atoms with Crippen molar-refractivity contribution >= 4 is 27.3 Å². The average molecular weight is 472 g/mol. The van der Waals surface area contributed by atoms with E-state index >= 15 is 0 Å². The highest BCUT2D eigenvalue weighted by Crippen LogP contribution is 2.32. The molecule has 1 heterocycles. The smallest absolute Gasteiger partial charge is 0.416 e. The molecule has 1 amide bonds. The highest BCUT2D eigenvalue weighted by molar-refractivity contribution is 7.92. The van der Waals surface area contributed by atoms with Crippen LogP contribution in [0.15, 0.2) is 42.5 Å². The van der Waals surface area contributed by atoms with Crippen molar-refractivity contribution in [3.63, 3.8) is 0 Å². The van der Waals surface area contributed by atoms with Crippen LogP contribution in [0.25, 0.3) is 0 Å². The van der Waals surface area contributed by atoms with Gasteiger partial charge >= 0.3 is 6.18 Å². The molecule has 2 aromatic rings. The Kier molecular flexibility index (Phi) is 6.59. The molecule has 0 N–H and O–H groups in total. The number of nitrogens with zero attached hydrogens (tertiary/aromatic N) is 3. The van der Waals surface area contributed by atoms with Gasteiger partial charge in [0.05, 0.1) is 30.2 Å². The van der Waals surface area contributed by atoms with Crippen LogP contribution in [-0.4, -0.2) is 65.8 Å². The van der Waals surface area contributed by atoms with Gasteiger partial charge in [-0.25, -0.2) is 8.42 Å². The van der Waals surface area contributed by atoms with Crippen LogP contribution in [0.4, 0.5) is 24.5 Å². The summed E-state index contributed by atoms with van der Waals surface area (Å²) in [4.78, 5) is 16.5. The van der Waals surface area contributed by atoms with Gasteiger partial charge in [-0.05, 0) is 36.4 Å². The van der Waals surface area contributed by atoms with Crippen LogP contribution in [0.2, 0.25) is 0 Å². The number of sulfonamides is 1. The molecule has 0 aliphatic carbocycles. The van der Waals surface area contributed by atoms with Gasteiger partial charge in [-0.1, -0.05) is 6.07 Å². The van der Waals surface area contributed by atoms with Crippen LogP contribution in [0.5, 0.6) is 5.75 Å². The van der Waals surface area contributed by atoms with Gasteiger partial charge in [-0.3, -0.25) is 9.10 Å². The number of ether oxygens (including phenoxy) is 1. The largest absolute Gasteiger partial charge is 0.496 e. The molecule has 0 saturated carbocycles. The van der Waals surface area contributed by atoms with Crippen LogP contribution < -0.4 is 13.9 Å². The Bertz CT molecular complexity index is 1100. The van der Waals surface area contributed by atoms with Crippen LogP contribution in [0.3, 0.4) is 0 Å². The van der Waals surface area contributed by atoms with E-state index in [4.69, 9.17) is 4.74 Å². The Morgan fingerprint density at radius 2 is 1.72 bits per heavy atom. The lowest BCUT2D eigenvalue weighted by Crippen LogP contribution is -2.49. The number of amides is 1. The van der Waals surface area contributed by atoms with Crippen LogP contribution in [0.1, 0.15) is 15.9 Å². The first kappa shape index (κ1) is 23.7. The topological polar surface area (TPSA) is 70.2 Å². The molecule has 0 bridgehead atoms. The van der Waals surface area contributed by atoms with E-state index in [2.05, 4.69) is 0 Å². The number of hydrogen-bond acceptors (Lipinski definition) is 5. The summed E-state index contributed by atoms with van der Waals surface area (Å²) in [5, 5.41) is 0. The predicted molar refractivity (Wildman–Crippen MR) is 116 cm³/mol. The van der Waals surface area contributed by atoms with E-state index in [1.165, 1.54) is 32.4 Å². The van der Waals surface area contributed by atoms with Crippen LogP contribution in [-0.2, 0) is 16.2 Å². The third-order valence-electron chi connectivity index (χ3n) is 5.38. The van der Waals surface area contributed by atoms with Gasteiger partial charge in [0.1, 0.15) is 5.75 Å². The van der Waals surface area contributed by atoms with Crippen molar-refractivity contribution in [3.8, 4) is 5.75 Å². The van der Waals surface area contributed by atoms with Crippen molar-refractivity contribution < 1.29 is 31.1 Å². The lowest BCUT2D eigenvalue weighted by molar-refractivity contribution is -0.137. The Hall–Kier alpha value is -2.95. The van der Waals surface area contributed by atoms with E-state index < -0.39 is 21.8 Å². The summed E-state index contributed by atoms with van der Waals surface area (Å²) in [5.41, 5.74) is 0.263. The average Bonchev–Trinajstić information content (AvgIpc) is 2.76. The maximum Gasteiger partial charge on any atom is 0.416 e. The maximum atomic E-state index is 13.1. The molecule has 11 heteroatoms. The first-order chi connectivity index (χ1) is 14.9. The standard InChI is InChI=1S/C21H24F3N3O4S/c1-25(32(3,29)30)16-7-8-19(31-2)18(14-16)20(28)27-11-9-26(10-12-27)17-6-4-5-15(13-17)21(22,23)24/h4-8,13-14H,9-12H2,1-3H3. The minimum absolute atomic E-state index is 0.216. The SMILES string of the molecule is COc1ccc(N(C)S(C)(=O)=O)cc1C(=O)N1CCN(c2cccc(C(F)(F)F)c2)CC1. The predicted octanol–water partition coefficient (Wildman–Crippen LogP) is 3.07. The second-order valence-corrected chi connectivity index (χ2v) is 9.46. The second-order valence-electron chi connectivity index (χ2n) is 7.44. The number of anilines is 2. The highest BCUT2D eigenvalue weighted by Gasteiger charge is 2.31. The monoisotopic (exact) mass is 471 g/mol. The first-order valence-electron chi connectivity index (χ1n) is 9.75. The number of carbonyl (C=O) groups is 1. The summed E-state index contributed by atoms with van der Waals surface area (Å²) in [7, 11) is -0.711. The normalized spacial score (nSPS) is 14.9. The molecule has 0 radical (unpaired) electrons. The fourth-order valence-electron chi connectivity index (χ4n) is 3.47. The van der Waals surface area contributed by atoms with Gasteiger partial charge in [0, 0.05) is 38.9 Å². The molecule has 1 aliphatic heterocycles. The number of piperazine rings is 1. The van der Waals surface area contributed by atoms with Gasteiger partial charge in [-0.2, -0.15) is 13.2 Å². The number of carbonyl (C=O) groups excluding carboxylic acids is 1. The number of halogens is 3. The van der Waals surface area contributed by atoms with E-state index in [0.29, 0.717) is 43.3 Å².